The molecule has 0 bridgehead atoms. The second-order valence-corrected chi connectivity index (χ2v) is 7.63. The zero-order chi connectivity index (χ0) is 18.4. The predicted molar refractivity (Wildman–Crippen MR) is 106 cm³/mol. The summed E-state index contributed by atoms with van der Waals surface area (Å²) in [6, 6.07) is 7.84. The maximum Gasteiger partial charge on any atom is 0.158 e. The van der Waals surface area contributed by atoms with E-state index in [0.717, 1.165) is 45.4 Å². The first-order chi connectivity index (χ1) is 13.2. The number of hydrogen-bond donors (Lipinski definition) is 1. The van der Waals surface area contributed by atoms with Gasteiger partial charge >= 0.3 is 0 Å². The van der Waals surface area contributed by atoms with E-state index in [1.807, 2.05) is 18.2 Å². The van der Waals surface area contributed by atoms with Crippen molar-refractivity contribution >= 4 is 38.0 Å². The molecule has 27 heavy (non-hydrogen) atoms. The molecule has 1 aliphatic rings. The van der Waals surface area contributed by atoms with Gasteiger partial charge in [0.25, 0.3) is 0 Å². The van der Waals surface area contributed by atoms with E-state index in [-0.39, 0.29) is 18.0 Å². The normalized spacial score (nSPS) is 19.3. The lowest BCUT2D eigenvalue weighted by atomic mass is 9.89. The maximum absolute atomic E-state index is 13.8. The molecular weight excluding hydrogens is 363 g/mol. The second-order valence-electron chi connectivity index (χ2n) is 6.72. The molecule has 136 valence electrons. The van der Waals surface area contributed by atoms with Gasteiger partial charge in [0, 0.05) is 51.3 Å². The van der Waals surface area contributed by atoms with Crippen LogP contribution < -0.4 is 5.32 Å². The van der Waals surface area contributed by atoms with Crippen LogP contribution in [0.2, 0.25) is 0 Å². The van der Waals surface area contributed by atoms with Crippen LogP contribution >= 0.6 is 11.3 Å². The largest absolute Gasteiger partial charge is 0.379 e. The molecule has 5 rings (SSSR count). The minimum Gasteiger partial charge on any atom is -0.379 e. The average Bonchev–Trinajstić information content (AvgIpc) is 3.06. The summed E-state index contributed by atoms with van der Waals surface area (Å²) in [6.45, 7) is 0. The number of rotatable bonds is 4. The van der Waals surface area contributed by atoms with E-state index >= 15 is 0 Å². The summed E-state index contributed by atoms with van der Waals surface area (Å²) in [7, 11) is 1.73. The molecule has 1 saturated carbocycles. The molecule has 0 saturated heterocycles. The first-order valence-electron chi connectivity index (χ1n) is 8.81. The zero-order valence-corrected chi connectivity index (χ0v) is 15.5. The molecule has 3 heterocycles. The van der Waals surface area contributed by atoms with Gasteiger partial charge in [-0.3, -0.25) is 4.98 Å². The van der Waals surface area contributed by atoms with E-state index in [2.05, 4.69) is 20.5 Å². The molecule has 2 atom stereocenters. The highest BCUT2D eigenvalue weighted by Crippen LogP contribution is 2.34. The lowest BCUT2D eigenvalue weighted by molar-refractivity contribution is 0.0285. The fraction of sp³-hybridized carbons (Fsp3) is 0.250. The lowest BCUT2D eigenvalue weighted by Crippen LogP contribution is -2.44. The Morgan fingerprint density at radius 2 is 2.07 bits per heavy atom. The molecule has 3 aromatic heterocycles. The minimum absolute atomic E-state index is 0.186. The van der Waals surface area contributed by atoms with Gasteiger partial charge in [-0.2, -0.15) is 0 Å². The SMILES string of the molecule is CO[C@H]1CC[C@H]1Nc1nnc(-c2ccc3c(F)csc3c2)c2ccncc12. The highest BCUT2D eigenvalue weighted by atomic mass is 32.1. The first kappa shape index (κ1) is 16.5. The standard InChI is InChI=1S/C20H17FN4OS/c1-26-17-5-4-16(17)23-20-14-9-22-7-6-12(14)19(24-25-20)11-2-3-13-15(21)10-27-18(13)8-11/h2-3,6-10,16-17H,4-5H2,1H3,(H,23,25)/t16-,17+/m1/s1. The van der Waals surface area contributed by atoms with Crippen molar-refractivity contribution in [3.63, 3.8) is 0 Å². The van der Waals surface area contributed by atoms with Crippen molar-refractivity contribution in [3.05, 3.63) is 47.9 Å². The number of aromatic nitrogens is 3. The predicted octanol–water partition coefficient (Wildman–Crippen LogP) is 4.63. The van der Waals surface area contributed by atoms with Crippen molar-refractivity contribution < 1.29 is 9.13 Å². The molecule has 1 aliphatic carbocycles. The third-order valence-electron chi connectivity index (χ3n) is 5.22. The average molecular weight is 380 g/mol. The monoisotopic (exact) mass is 380 g/mol. The first-order valence-corrected chi connectivity index (χ1v) is 9.69. The number of pyridine rings is 1. The van der Waals surface area contributed by atoms with Crippen LogP contribution in [-0.4, -0.2) is 34.4 Å². The molecule has 1 N–H and O–H groups in total. The molecule has 1 fully saturated rings. The summed E-state index contributed by atoms with van der Waals surface area (Å²) in [5.74, 6) is 0.534. The van der Waals surface area contributed by atoms with Crippen molar-refractivity contribution in [3.8, 4) is 11.3 Å². The van der Waals surface area contributed by atoms with Crippen molar-refractivity contribution in [2.45, 2.75) is 25.0 Å². The molecule has 0 amide bonds. The minimum atomic E-state index is -0.186. The maximum atomic E-state index is 13.8. The van der Waals surface area contributed by atoms with Gasteiger partial charge in [0.1, 0.15) is 11.5 Å². The van der Waals surface area contributed by atoms with Gasteiger partial charge in [0.05, 0.1) is 12.1 Å². The molecule has 0 spiro atoms. The Bertz CT molecular complexity index is 1140. The van der Waals surface area contributed by atoms with Gasteiger partial charge < -0.3 is 10.1 Å². The Morgan fingerprint density at radius 1 is 1.15 bits per heavy atom. The number of anilines is 1. The van der Waals surface area contributed by atoms with Crippen LogP contribution in [0.4, 0.5) is 10.2 Å². The molecule has 0 aliphatic heterocycles. The number of halogens is 1. The van der Waals surface area contributed by atoms with E-state index in [0.29, 0.717) is 5.39 Å². The fourth-order valence-electron chi connectivity index (χ4n) is 3.55. The van der Waals surface area contributed by atoms with Crippen molar-refractivity contribution in [2.75, 3.05) is 12.4 Å². The quantitative estimate of drug-likeness (QED) is 0.559. The molecule has 4 aromatic rings. The van der Waals surface area contributed by atoms with Crippen molar-refractivity contribution in [1.29, 1.82) is 0 Å². The summed E-state index contributed by atoms with van der Waals surface area (Å²) in [6.07, 6.45) is 5.86. The van der Waals surface area contributed by atoms with Gasteiger partial charge in [-0.05, 0) is 31.0 Å². The van der Waals surface area contributed by atoms with Crippen LogP contribution in [-0.2, 0) is 4.74 Å². The molecule has 1 aromatic carbocycles. The third kappa shape index (κ3) is 2.74. The third-order valence-corrected chi connectivity index (χ3v) is 6.14. The number of thiophene rings is 1. The van der Waals surface area contributed by atoms with Crippen molar-refractivity contribution in [1.82, 2.24) is 15.2 Å². The van der Waals surface area contributed by atoms with E-state index < -0.39 is 0 Å². The van der Waals surface area contributed by atoms with Crippen molar-refractivity contribution in [2.24, 2.45) is 0 Å². The van der Waals surface area contributed by atoms with E-state index in [1.54, 1.807) is 25.6 Å². The van der Waals surface area contributed by atoms with Gasteiger partial charge in [-0.1, -0.05) is 6.07 Å². The van der Waals surface area contributed by atoms with Gasteiger partial charge in [-0.25, -0.2) is 4.39 Å². The number of benzene rings is 1. The second kappa shape index (κ2) is 6.51. The Hall–Kier alpha value is -2.64. The number of hydrogen-bond acceptors (Lipinski definition) is 6. The van der Waals surface area contributed by atoms with E-state index in [9.17, 15) is 4.39 Å². The van der Waals surface area contributed by atoms with Gasteiger partial charge in [0.15, 0.2) is 5.82 Å². The summed E-state index contributed by atoms with van der Waals surface area (Å²) in [5.41, 5.74) is 1.68. The van der Waals surface area contributed by atoms with E-state index in [1.165, 1.54) is 16.7 Å². The highest BCUT2D eigenvalue weighted by Gasteiger charge is 2.31. The van der Waals surface area contributed by atoms with Crippen LogP contribution in [0.25, 0.3) is 32.1 Å². The lowest BCUT2D eigenvalue weighted by Gasteiger charge is -2.36. The number of nitrogens with one attached hydrogen (secondary N) is 1. The van der Waals surface area contributed by atoms with Crippen LogP contribution in [0.15, 0.2) is 42.0 Å². The molecule has 7 heteroatoms. The Morgan fingerprint density at radius 3 is 2.89 bits per heavy atom. The summed E-state index contributed by atoms with van der Waals surface area (Å²) in [5, 5.41) is 16.4. The number of ether oxygens (including phenoxy) is 1. The smallest absolute Gasteiger partial charge is 0.158 e. The zero-order valence-electron chi connectivity index (χ0n) is 14.6. The van der Waals surface area contributed by atoms with Crippen LogP contribution in [0.1, 0.15) is 12.8 Å². The summed E-state index contributed by atoms with van der Waals surface area (Å²) >= 11 is 1.39. The van der Waals surface area contributed by atoms with Crippen LogP contribution in [0.5, 0.6) is 0 Å². The van der Waals surface area contributed by atoms with Crippen LogP contribution in [0, 0.1) is 5.82 Å². The fourth-order valence-corrected chi connectivity index (χ4v) is 4.40. The number of fused-ring (bicyclic) bond motifs is 2. The number of nitrogens with zero attached hydrogens (tertiary/aromatic N) is 3. The number of methoxy groups -OCH3 is 1. The Balaban J connectivity index is 1.59. The summed E-state index contributed by atoms with van der Waals surface area (Å²) in [4.78, 5) is 4.27. The van der Waals surface area contributed by atoms with Gasteiger partial charge in [-0.15, -0.1) is 21.5 Å². The van der Waals surface area contributed by atoms with Gasteiger partial charge in [0.2, 0.25) is 0 Å². The van der Waals surface area contributed by atoms with E-state index in [4.69, 9.17) is 4.74 Å². The molecular formula is C20H17FN4OS. The molecule has 0 unspecified atom stereocenters. The topological polar surface area (TPSA) is 59.9 Å². The summed E-state index contributed by atoms with van der Waals surface area (Å²) < 4.78 is 20.1. The molecule has 5 nitrogen and oxygen atoms in total. The highest BCUT2D eigenvalue weighted by molar-refractivity contribution is 7.17. The molecule has 0 radical (unpaired) electrons. The Kier molecular flexibility index (Phi) is 3.98. The Labute approximate surface area is 159 Å². The van der Waals surface area contributed by atoms with Crippen LogP contribution in [0.3, 0.4) is 0 Å².